The molecule has 0 bridgehead atoms. The summed E-state index contributed by atoms with van der Waals surface area (Å²) in [4.78, 5) is 37.6. The monoisotopic (exact) mass is 437 g/mol. The minimum atomic E-state index is -3.75. The van der Waals surface area contributed by atoms with Crippen LogP contribution in [0.1, 0.15) is 38.3 Å². The number of benzene rings is 3. The van der Waals surface area contributed by atoms with Gasteiger partial charge in [0.1, 0.15) is 5.82 Å². The zero-order chi connectivity index (χ0) is 22.2. The Balaban J connectivity index is 1.48. The predicted octanol–water partition coefficient (Wildman–Crippen LogP) is 3.40. The third-order valence-corrected chi connectivity index (χ3v) is 6.71. The molecule has 4 rings (SSSR count). The van der Waals surface area contributed by atoms with Gasteiger partial charge in [-0.3, -0.25) is 14.4 Å². The molecule has 0 heterocycles. The first-order chi connectivity index (χ1) is 14.8. The molecule has 8 heteroatoms. The largest absolute Gasteiger partial charge is 0.326 e. The van der Waals surface area contributed by atoms with Crippen molar-refractivity contribution >= 4 is 33.0 Å². The molecule has 0 radical (unpaired) electrons. The van der Waals surface area contributed by atoms with Crippen LogP contribution in [-0.4, -0.2) is 31.6 Å². The maximum atomic E-state index is 13.0. The van der Waals surface area contributed by atoms with E-state index >= 15 is 0 Å². The van der Waals surface area contributed by atoms with Gasteiger partial charge in [-0.1, -0.05) is 24.3 Å². The van der Waals surface area contributed by atoms with E-state index in [0.717, 1.165) is 24.3 Å². The molecule has 156 valence electrons. The van der Waals surface area contributed by atoms with Crippen LogP contribution in [0.3, 0.4) is 0 Å². The van der Waals surface area contributed by atoms with Crippen LogP contribution in [0.15, 0.2) is 71.6 Å². The molecule has 0 aromatic heterocycles. The summed E-state index contributed by atoms with van der Waals surface area (Å²) in [5.74, 6) is -2.17. The molecule has 3 aromatic rings. The number of carbonyl (C=O) groups is 3. The van der Waals surface area contributed by atoms with Crippen molar-refractivity contribution in [2.75, 3.05) is 11.1 Å². The van der Waals surface area contributed by atoms with E-state index in [1.807, 2.05) is 0 Å². The third kappa shape index (κ3) is 4.02. The van der Waals surface area contributed by atoms with E-state index in [1.54, 1.807) is 24.3 Å². The van der Waals surface area contributed by atoms with Gasteiger partial charge in [0.05, 0.1) is 10.6 Å². The molecule has 0 saturated carbocycles. The number of ketones is 2. The van der Waals surface area contributed by atoms with Crippen molar-refractivity contribution in [2.45, 2.75) is 11.3 Å². The van der Waals surface area contributed by atoms with E-state index in [1.165, 1.54) is 18.2 Å². The summed E-state index contributed by atoms with van der Waals surface area (Å²) in [6.07, 6.45) is -0.327. The molecule has 1 amide bonds. The molecule has 6 nitrogen and oxygen atoms in total. The average Bonchev–Trinajstić information content (AvgIpc) is 2.76. The highest BCUT2D eigenvalue weighted by atomic mass is 32.2. The van der Waals surface area contributed by atoms with Crippen LogP contribution in [0.2, 0.25) is 0 Å². The van der Waals surface area contributed by atoms with E-state index in [-0.39, 0.29) is 39.7 Å². The number of hydrogen-bond acceptors (Lipinski definition) is 5. The quantitative estimate of drug-likeness (QED) is 0.483. The Morgan fingerprint density at radius 3 is 2.03 bits per heavy atom. The highest BCUT2D eigenvalue weighted by Crippen LogP contribution is 2.29. The van der Waals surface area contributed by atoms with E-state index in [4.69, 9.17) is 0 Å². The fraction of sp³-hybridized carbons (Fsp3) is 0.0870. The molecule has 0 fully saturated rings. The Bertz CT molecular complexity index is 1330. The summed E-state index contributed by atoms with van der Waals surface area (Å²) < 4.78 is 37.6. The number of fused-ring (bicyclic) bond motifs is 2. The van der Waals surface area contributed by atoms with Gasteiger partial charge >= 0.3 is 0 Å². The lowest BCUT2D eigenvalue weighted by molar-refractivity contribution is -0.115. The zero-order valence-electron chi connectivity index (χ0n) is 16.1. The van der Waals surface area contributed by atoms with Gasteiger partial charge in [-0.15, -0.1) is 0 Å². The van der Waals surface area contributed by atoms with Crippen LogP contribution in [0.4, 0.5) is 10.1 Å². The second kappa shape index (κ2) is 7.88. The predicted molar refractivity (Wildman–Crippen MR) is 111 cm³/mol. The van der Waals surface area contributed by atoms with Gasteiger partial charge in [0.15, 0.2) is 21.4 Å². The number of hydrogen-bond donors (Lipinski definition) is 1. The van der Waals surface area contributed by atoms with Crippen LogP contribution >= 0.6 is 0 Å². The Hall–Kier alpha value is -3.65. The lowest BCUT2D eigenvalue weighted by atomic mass is 9.84. The minimum Gasteiger partial charge on any atom is -0.326 e. The molecular weight excluding hydrogens is 421 g/mol. The number of rotatable bonds is 5. The van der Waals surface area contributed by atoms with E-state index in [2.05, 4.69) is 5.32 Å². The van der Waals surface area contributed by atoms with Crippen LogP contribution in [0, 0.1) is 5.82 Å². The average molecular weight is 437 g/mol. The van der Waals surface area contributed by atoms with Gasteiger partial charge in [-0.25, -0.2) is 12.8 Å². The lowest BCUT2D eigenvalue weighted by Gasteiger charge is -2.18. The second-order valence-corrected chi connectivity index (χ2v) is 9.14. The maximum absolute atomic E-state index is 13.0. The van der Waals surface area contributed by atoms with E-state index in [0.29, 0.717) is 11.1 Å². The standard InChI is InChI=1S/C23H16FNO5S/c24-14-5-8-16(9-6-14)31(29,30)12-11-21(26)25-15-7-10-19-20(13-15)23(28)18-4-2-1-3-17(18)22(19)27/h1-10,13H,11-12H2,(H,25,26). The molecule has 0 spiro atoms. The van der Waals surface area contributed by atoms with Crippen LogP contribution in [-0.2, 0) is 14.6 Å². The highest BCUT2D eigenvalue weighted by Gasteiger charge is 2.29. The van der Waals surface area contributed by atoms with E-state index < -0.39 is 27.3 Å². The number of amides is 1. The number of carbonyl (C=O) groups excluding carboxylic acids is 3. The lowest BCUT2D eigenvalue weighted by Crippen LogP contribution is -2.22. The highest BCUT2D eigenvalue weighted by molar-refractivity contribution is 7.91. The Labute approximate surface area is 177 Å². The Morgan fingerprint density at radius 1 is 0.806 bits per heavy atom. The van der Waals surface area contributed by atoms with E-state index in [9.17, 15) is 27.2 Å². The summed E-state index contributed by atoms with van der Waals surface area (Å²) in [7, 11) is -3.75. The van der Waals surface area contributed by atoms with Crippen LogP contribution < -0.4 is 5.32 Å². The van der Waals surface area contributed by atoms with Crippen molar-refractivity contribution in [1.29, 1.82) is 0 Å². The summed E-state index contributed by atoms with van der Waals surface area (Å²) in [6, 6.07) is 15.3. The number of nitrogens with one attached hydrogen (secondary N) is 1. The topological polar surface area (TPSA) is 97.4 Å². The summed E-state index contributed by atoms with van der Waals surface area (Å²) in [6.45, 7) is 0. The molecule has 1 aliphatic rings. The van der Waals surface area contributed by atoms with Crippen molar-refractivity contribution in [3.63, 3.8) is 0 Å². The first-order valence-corrected chi connectivity index (χ1v) is 11.0. The summed E-state index contributed by atoms with van der Waals surface area (Å²) in [5, 5.41) is 2.56. The molecule has 0 atom stereocenters. The van der Waals surface area contributed by atoms with Gasteiger partial charge in [0.2, 0.25) is 5.91 Å². The molecule has 1 aliphatic carbocycles. The van der Waals surface area contributed by atoms with Crippen molar-refractivity contribution in [3.05, 3.63) is 94.8 Å². The Kier molecular flexibility index (Phi) is 5.24. The molecule has 0 saturated heterocycles. The SMILES string of the molecule is O=C(CCS(=O)(=O)c1ccc(F)cc1)Nc1ccc2c(c1)C(=O)c1ccccc1C2=O. The molecular formula is C23H16FNO5S. The van der Waals surface area contributed by atoms with Gasteiger partial charge < -0.3 is 5.32 Å². The molecule has 31 heavy (non-hydrogen) atoms. The minimum absolute atomic E-state index is 0.0711. The zero-order valence-corrected chi connectivity index (χ0v) is 16.9. The normalized spacial score (nSPS) is 12.8. The van der Waals surface area contributed by atoms with Crippen molar-refractivity contribution in [1.82, 2.24) is 0 Å². The maximum Gasteiger partial charge on any atom is 0.225 e. The molecule has 3 aromatic carbocycles. The van der Waals surface area contributed by atoms with Gasteiger partial charge in [0, 0.05) is 34.4 Å². The van der Waals surface area contributed by atoms with Crippen molar-refractivity contribution in [2.24, 2.45) is 0 Å². The van der Waals surface area contributed by atoms with Gasteiger partial charge in [-0.2, -0.15) is 0 Å². The summed E-state index contributed by atoms with van der Waals surface area (Å²) in [5.41, 5.74) is 1.35. The summed E-state index contributed by atoms with van der Waals surface area (Å²) >= 11 is 0. The molecule has 0 unspecified atom stereocenters. The fourth-order valence-corrected chi connectivity index (χ4v) is 4.63. The number of halogens is 1. The van der Waals surface area contributed by atoms with Gasteiger partial charge in [0.25, 0.3) is 0 Å². The second-order valence-electron chi connectivity index (χ2n) is 7.04. The van der Waals surface area contributed by atoms with Crippen molar-refractivity contribution in [3.8, 4) is 0 Å². The first-order valence-electron chi connectivity index (χ1n) is 9.37. The number of anilines is 1. The van der Waals surface area contributed by atoms with Crippen molar-refractivity contribution < 1.29 is 27.2 Å². The smallest absolute Gasteiger partial charge is 0.225 e. The van der Waals surface area contributed by atoms with Crippen LogP contribution in [0.5, 0.6) is 0 Å². The third-order valence-electron chi connectivity index (χ3n) is 4.98. The number of sulfone groups is 1. The fourth-order valence-electron chi connectivity index (χ4n) is 3.39. The molecule has 1 N–H and O–H groups in total. The molecule has 0 aliphatic heterocycles. The van der Waals surface area contributed by atoms with Gasteiger partial charge in [-0.05, 0) is 42.5 Å². The first kappa shape index (κ1) is 20.6. The van der Waals surface area contributed by atoms with Crippen LogP contribution in [0.25, 0.3) is 0 Å². The Morgan fingerprint density at radius 2 is 1.39 bits per heavy atom.